The number of H-pyrrole nitrogens is 1. The number of imidazole rings is 1. The Bertz CT molecular complexity index is 749. The highest BCUT2D eigenvalue weighted by Gasteiger charge is 2.18. The van der Waals surface area contributed by atoms with Crippen molar-refractivity contribution < 1.29 is 0 Å². The Labute approximate surface area is 112 Å². The van der Waals surface area contributed by atoms with Crippen molar-refractivity contribution in [2.24, 2.45) is 12.8 Å². The zero-order valence-corrected chi connectivity index (χ0v) is 11.5. The summed E-state index contributed by atoms with van der Waals surface area (Å²) in [7, 11) is 2.01. The minimum absolute atomic E-state index is 0.492. The fourth-order valence-electron chi connectivity index (χ4n) is 2.67. The molecule has 0 bridgehead atoms. The van der Waals surface area contributed by atoms with Gasteiger partial charge in [0.1, 0.15) is 5.82 Å². The Hall–Kier alpha value is -2.07. The number of nitrogens with one attached hydrogen (secondary N) is 1. The summed E-state index contributed by atoms with van der Waals surface area (Å²) in [5.74, 6) is 0.986. The molecule has 0 unspecified atom stereocenters. The number of nitrogens with two attached hydrogens (primary N) is 1. The molecule has 0 saturated heterocycles. The van der Waals surface area contributed by atoms with E-state index in [1.165, 1.54) is 10.9 Å². The second kappa shape index (κ2) is 4.24. The molecule has 0 spiro atoms. The Kier molecular flexibility index (Phi) is 2.68. The topological polar surface area (TPSA) is 59.6 Å². The first-order valence-electron chi connectivity index (χ1n) is 6.43. The Morgan fingerprint density at radius 2 is 2.00 bits per heavy atom. The van der Waals surface area contributed by atoms with Gasteiger partial charge in [-0.1, -0.05) is 18.2 Å². The van der Waals surface area contributed by atoms with Crippen molar-refractivity contribution in [1.82, 2.24) is 14.5 Å². The second-order valence-corrected chi connectivity index (χ2v) is 4.89. The number of hydrogen-bond donors (Lipinski definition) is 2. The van der Waals surface area contributed by atoms with Crippen molar-refractivity contribution in [3.8, 4) is 11.3 Å². The highest BCUT2D eigenvalue weighted by atomic mass is 15.1. The number of hydrogen-bond acceptors (Lipinski definition) is 2. The molecule has 0 fully saturated rings. The average molecular weight is 254 g/mol. The summed E-state index contributed by atoms with van der Waals surface area (Å²) >= 11 is 0. The molecule has 3 N–H and O–H groups in total. The summed E-state index contributed by atoms with van der Waals surface area (Å²) in [4.78, 5) is 8.11. The summed E-state index contributed by atoms with van der Waals surface area (Å²) in [5.41, 5.74) is 11.4. The van der Waals surface area contributed by atoms with E-state index in [0.29, 0.717) is 6.54 Å². The number of aryl methyl sites for hydroxylation is 2. The van der Waals surface area contributed by atoms with Crippen molar-refractivity contribution in [1.29, 1.82) is 0 Å². The third-order valence-corrected chi connectivity index (χ3v) is 3.76. The van der Waals surface area contributed by atoms with E-state index in [-0.39, 0.29) is 0 Å². The number of benzene rings is 1. The molecule has 3 aromatic rings. The summed E-state index contributed by atoms with van der Waals surface area (Å²) in [5, 5.41) is 1.20. The smallest absolute Gasteiger partial charge is 0.106 e. The van der Waals surface area contributed by atoms with Crippen LogP contribution in [0.25, 0.3) is 22.2 Å². The van der Waals surface area contributed by atoms with E-state index >= 15 is 0 Å². The van der Waals surface area contributed by atoms with Crippen molar-refractivity contribution in [2.45, 2.75) is 20.4 Å². The first-order valence-corrected chi connectivity index (χ1v) is 6.43. The van der Waals surface area contributed by atoms with Crippen molar-refractivity contribution >= 4 is 10.9 Å². The predicted molar refractivity (Wildman–Crippen MR) is 77.9 cm³/mol. The van der Waals surface area contributed by atoms with Gasteiger partial charge in [-0.25, -0.2) is 4.98 Å². The van der Waals surface area contributed by atoms with Crippen LogP contribution in [-0.2, 0) is 13.6 Å². The fourth-order valence-corrected chi connectivity index (χ4v) is 2.67. The van der Waals surface area contributed by atoms with E-state index in [4.69, 9.17) is 10.7 Å². The molecular formula is C15H18N4. The van der Waals surface area contributed by atoms with Gasteiger partial charge in [0.2, 0.25) is 0 Å². The molecular weight excluding hydrogens is 236 g/mol. The highest BCUT2D eigenvalue weighted by Crippen LogP contribution is 2.33. The molecule has 98 valence electrons. The molecule has 4 nitrogen and oxygen atoms in total. The van der Waals surface area contributed by atoms with Gasteiger partial charge in [-0.15, -0.1) is 0 Å². The van der Waals surface area contributed by atoms with Gasteiger partial charge in [0.05, 0.1) is 11.4 Å². The maximum atomic E-state index is 5.89. The van der Waals surface area contributed by atoms with Gasteiger partial charge in [-0.2, -0.15) is 0 Å². The van der Waals surface area contributed by atoms with Crippen LogP contribution in [-0.4, -0.2) is 14.5 Å². The molecule has 0 atom stereocenters. The van der Waals surface area contributed by atoms with E-state index < -0.39 is 0 Å². The predicted octanol–water partition coefficient (Wildman–Crippen LogP) is 2.64. The lowest BCUT2D eigenvalue weighted by molar-refractivity contribution is 0.789. The van der Waals surface area contributed by atoms with Crippen LogP contribution >= 0.6 is 0 Å². The monoisotopic (exact) mass is 254 g/mol. The van der Waals surface area contributed by atoms with Gasteiger partial charge < -0.3 is 15.3 Å². The van der Waals surface area contributed by atoms with Gasteiger partial charge in [0, 0.05) is 35.8 Å². The number of aromatic nitrogens is 3. The summed E-state index contributed by atoms with van der Waals surface area (Å²) in [6.07, 6.45) is 0. The van der Waals surface area contributed by atoms with Crippen LogP contribution in [0.4, 0.5) is 0 Å². The zero-order valence-electron chi connectivity index (χ0n) is 11.5. The third-order valence-electron chi connectivity index (χ3n) is 3.76. The summed E-state index contributed by atoms with van der Waals surface area (Å²) in [6, 6.07) is 8.30. The average Bonchev–Trinajstić information content (AvgIpc) is 2.86. The van der Waals surface area contributed by atoms with Crippen LogP contribution in [0.2, 0.25) is 0 Å². The van der Waals surface area contributed by atoms with Crippen LogP contribution < -0.4 is 5.73 Å². The fraction of sp³-hybridized carbons (Fsp3) is 0.267. The SMILES string of the molecule is Cc1[nH]c2ccccc2c1-c1nc(C)n(C)c1CN. The molecule has 19 heavy (non-hydrogen) atoms. The van der Waals surface area contributed by atoms with E-state index in [1.54, 1.807) is 0 Å². The van der Waals surface area contributed by atoms with E-state index in [2.05, 4.69) is 34.7 Å². The van der Waals surface area contributed by atoms with Crippen molar-refractivity contribution in [3.05, 3.63) is 41.5 Å². The highest BCUT2D eigenvalue weighted by molar-refractivity contribution is 5.97. The quantitative estimate of drug-likeness (QED) is 0.738. The number of rotatable bonds is 2. The standard InChI is InChI=1S/C15H18N4/c1-9-14(11-6-4-5-7-12(11)17-9)15-13(8-16)19(3)10(2)18-15/h4-7,17H,8,16H2,1-3H3. The molecule has 2 aromatic heterocycles. The minimum Gasteiger partial charge on any atom is -0.358 e. The number of fused-ring (bicyclic) bond motifs is 1. The lowest BCUT2D eigenvalue weighted by Crippen LogP contribution is -2.05. The van der Waals surface area contributed by atoms with Crippen molar-refractivity contribution in [2.75, 3.05) is 0 Å². The maximum Gasteiger partial charge on any atom is 0.106 e. The first kappa shape index (κ1) is 12.0. The Morgan fingerprint density at radius 1 is 1.26 bits per heavy atom. The normalized spacial score (nSPS) is 11.4. The maximum absolute atomic E-state index is 5.89. The molecule has 0 amide bonds. The molecule has 0 saturated carbocycles. The first-order chi connectivity index (χ1) is 9.13. The van der Waals surface area contributed by atoms with Crippen LogP contribution in [0, 0.1) is 13.8 Å². The lowest BCUT2D eigenvalue weighted by atomic mass is 10.1. The van der Waals surface area contributed by atoms with Gasteiger partial charge in [0.15, 0.2) is 0 Å². The van der Waals surface area contributed by atoms with Gasteiger partial charge >= 0.3 is 0 Å². The van der Waals surface area contributed by atoms with Crippen LogP contribution in [0.3, 0.4) is 0 Å². The summed E-state index contributed by atoms with van der Waals surface area (Å²) in [6.45, 7) is 4.58. The largest absolute Gasteiger partial charge is 0.358 e. The molecule has 0 aliphatic heterocycles. The molecule has 0 aliphatic carbocycles. The molecule has 3 rings (SSSR count). The van der Waals surface area contributed by atoms with Gasteiger partial charge in [0.25, 0.3) is 0 Å². The molecule has 1 aromatic carbocycles. The van der Waals surface area contributed by atoms with Crippen LogP contribution in [0.15, 0.2) is 24.3 Å². The lowest BCUT2D eigenvalue weighted by Gasteiger charge is -2.04. The Morgan fingerprint density at radius 3 is 2.74 bits per heavy atom. The van der Waals surface area contributed by atoms with E-state index in [0.717, 1.165) is 28.4 Å². The van der Waals surface area contributed by atoms with Gasteiger partial charge in [-0.3, -0.25) is 0 Å². The minimum atomic E-state index is 0.492. The molecule has 0 radical (unpaired) electrons. The van der Waals surface area contributed by atoms with Crippen LogP contribution in [0.5, 0.6) is 0 Å². The van der Waals surface area contributed by atoms with Crippen molar-refractivity contribution in [3.63, 3.8) is 0 Å². The molecule has 4 heteroatoms. The number of para-hydroxylation sites is 1. The second-order valence-electron chi connectivity index (χ2n) is 4.89. The number of aromatic amines is 1. The van der Waals surface area contributed by atoms with E-state index in [9.17, 15) is 0 Å². The van der Waals surface area contributed by atoms with E-state index in [1.807, 2.05) is 20.0 Å². The van der Waals surface area contributed by atoms with Gasteiger partial charge in [-0.05, 0) is 19.9 Å². The molecule has 0 aliphatic rings. The number of nitrogens with zero attached hydrogens (tertiary/aromatic N) is 2. The van der Waals surface area contributed by atoms with Crippen LogP contribution in [0.1, 0.15) is 17.2 Å². The molecule has 2 heterocycles. The third kappa shape index (κ3) is 1.68. The zero-order chi connectivity index (χ0) is 13.6. The Balaban J connectivity index is 2.36. The summed E-state index contributed by atoms with van der Waals surface area (Å²) < 4.78 is 2.07.